The normalized spacial score (nSPS) is 10.8. The van der Waals surface area contributed by atoms with E-state index in [0.717, 1.165) is 4.57 Å². The van der Waals surface area contributed by atoms with Crippen LogP contribution < -0.4 is 11.2 Å². The minimum absolute atomic E-state index is 0.365. The lowest BCUT2D eigenvalue weighted by atomic mass is 10.2. The van der Waals surface area contributed by atoms with Crippen LogP contribution in [0.1, 0.15) is 0 Å². The third-order valence-electron chi connectivity index (χ3n) is 2.78. The number of hydrogen-bond donors (Lipinski definition) is 1. The van der Waals surface area contributed by atoms with Gasteiger partial charge in [0.2, 0.25) is 0 Å². The smallest absolute Gasteiger partial charge is 0.306 e. The number of hydrogen-bond acceptors (Lipinski definition) is 3. The van der Waals surface area contributed by atoms with E-state index in [1.165, 1.54) is 18.5 Å². The van der Waals surface area contributed by atoms with Crippen molar-refractivity contribution in [3.8, 4) is 5.69 Å². The van der Waals surface area contributed by atoms with Gasteiger partial charge in [0.25, 0.3) is 5.56 Å². The molecule has 3 aromatic rings. The molecule has 1 N–H and O–H groups in total. The van der Waals surface area contributed by atoms with Crippen LogP contribution >= 0.6 is 11.6 Å². The molecule has 5 nitrogen and oxygen atoms in total. The summed E-state index contributed by atoms with van der Waals surface area (Å²) in [5.41, 5.74) is 0.0197. The SMILES string of the molecule is O=c1[nH]c2ccc(Cl)cc2c(=O)n1-c1ccncc1. The minimum atomic E-state index is -0.494. The molecule has 3 rings (SSSR count). The number of nitrogens with one attached hydrogen (secondary N) is 1. The van der Waals surface area contributed by atoms with Gasteiger partial charge in [0.1, 0.15) is 0 Å². The van der Waals surface area contributed by atoms with E-state index in [4.69, 9.17) is 11.6 Å². The van der Waals surface area contributed by atoms with Crippen LogP contribution in [0.5, 0.6) is 0 Å². The van der Waals surface area contributed by atoms with Crippen molar-refractivity contribution in [1.29, 1.82) is 0 Å². The average molecular weight is 274 g/mol. The largest absolute Gasteiger partial charge is 0.333 e. The lowest BCUT2D eigenvalue weighted by Gasteiger charge is -2.05. The lowest BCUT2D eigenvalue weighted by Crippen LogP contribution is -2.33. The molecule has 0 amide bonds. The van der Waals surface area contributed by atoms with Gasteiger partial charge in [-0.1, -0.05) is 11.6 Å². The summed E-state index contributed by atoms with van der Waals surface area (Å²) >= 11 is 5.88. The predicted octanol–water partition coefficient (Wildman–Crippen LogP) is 1.73. The van der Waals surface area contributed by atoms with Crippen molar-refractivity contribution in [3.05, 3.63) is 68.6 Å². The van der Waals surface area contributed by atoms with Crippen LogP contribution in [0.4, 0.5) is 0 Å². The number of H-pyrrole nitrogens is 1. The molecule has 0 atom stereocenters. The number of halogens is 1. The molecule has 0 fully saturated rings. The number of nitrogens with zero attached hydrogens (tertiary/aromatic N) is 2. The first-order valence-electron chi connectivity index (χ1n) is 5.52. The van der Waals surface area contributed by atoms with E-state index >= 15 is 0 Å². The zero-order valence-corrected chi connectivity index (χ0v) is 10.4. The van der Waals surface area contributed by atoms with E-state index in [9.17, 15) is 9.59 Å². The second kappa shape index (κ2) is 4.37. The Morgan fingerprint density at radius 3 is 2.58 bits per heavy atom. The van der Waals surface area contributed by atoms with Crippen LogP contribution in [-0.4, -0.2) is 14.5 Å². The maximum Gasteiger partial charge on any atom is 0.333 e. The zero-order chi connectivity index (χ0) is 13.4. The van der Waals surface area contributed by atoms with Crippen molar-refractivity contribution in [2.24, 2.45) is 0 Å². The summed E-state index contributed by atoms with van der Waals surface area (Å²) in [6.07, 6.45) is 3.03. The molecule has 0 aliphatic carbocycles. The van der Waals surface area contributed by atoms with Gasteiger partial charge in [0, 0.05) is 17.4 Å². The fourth-order valence-electron chi connectivity index (χ4n) is 1.91. The Labute approximate surface area is 112 Å². The van der Waals surface area contributed by atoms with Gasteiger partial charge in [0.15, 0.2) is 0 Å². The third kappa shape index (κ3) is 1.94. The molecular formula is C13H8ClN3O2. The third-order valence-corrected chi connectivity index (χ3v) is 3.02. The molecule has 0 aliphatic heterocycles. The summed E-state index contributed by atoms with van der Waals surface area (Å²) in [7, 11) is 0. The first-order valence-corrected chi connectivity index (χ1v) is 5.89. The fourth-order valence-corrected chi connectivity index (χ4v) is 2.09. The van der Waals surface area contributed by atoms with Gasteiger partial charge < -0.3 is 4.98 Å². The summed E-state index contributed by atoms with van der Waals surface area (Å²) in [5, 5.41) is 0.807. The summed E-state index contributed by atoms with van der Waals surface area (Å²) in [6.45, 7) is 0. The van der Waals surface area contributed by atoms with Gasteiger partial charge in [0.05, 0.1) is 16.6 Å². The molecule has 94 valence electrons. The molecule has 6 heteroatoms. The van der Waals surface area contributed by atoms with Crippen LogP contribution in [0.15, 0.2) is 52.3 Å². The summed E-state index contributed by atoms with van der Waals surface area (Å²) in [6, 6.07) is 7.94. The highest BCUT2D eigenvalue weighted by molar-refractivity contribution is 6.31. The lowest BCUT2D eigenvalue weighted by molar-refractivity contribution is 0.898. The van der Waals surface area contributed by atoms with Gasteiger partial charge in [-0.25, -0.2) is 9.36 Å². The molecule has 0 saturated carbocycles. The quantitative estimate of drug-likeness (QED) is 0.734. The number of aromatic amines is 1. The van der Waals surface area contributed by atoms with E-state index in [1.54, 1.807) is 24.3 Å². The van der Waals surface area contributed by atoms with Crippen molar-refractivity contribution in [1.82, 2.24) is 14.5 Å². The highest BCUT2D eigenvalue weighted by Gasteiger charge is 2.09. The number of fused-ring (bicyclic) bond motifs is 1. The Balaban J connectivity index is 2.44. The summed E-state index contributed by atoms with van der Waals surface area (Å²) in [5.74, 6) is 0. The van der Waals surface area contributed by atoms with E-state index < -0.39 is 11.2 Å². The maximum atomic E-state index is 12.4. The molecule has 0 spiro atoms. The topological polar surface area (TPSA) is 67.8 Å². The van der Waals surface area contributed by atoms with Crippen molar-refractivity contribution in [2.75, 3.05) is 0 Å². The molecule has 2 heterocycles. The van der Waals surface area contributed by atoms with Gasteiger partial charge >= 0.3 is 5.69 Å². The predicted molar refractivity (Wildman–Crippen MR) is 73.0 cm³/mol. The van der Waals surface area contributed by atoms with Crippen LogP contribution in [-0.2, 0) is 0 Å². The average Bonchev–Trinajstić information content (AvgIpc) is 2.41. The molecule has 1 aromatic carbocycles. The highest BCUT2D eigenvalue weighted by atomic mass is 35.5. The standard InChI is InChI=1S/C13H8ClN3O2/c14-8-1-2-11-10(7-8)12(18)17(13(19)16-11)9-3-5-15-6-4-9/h1-7H,(H,16,19). The van der Waals surface area contributed by atoms with Gasteiger partial charge in [-0.15, -0.1) is 0 Å². The van der Waals surface area contributed by atoms with E-state index in [1.807, 2.05) is 0 Å². The first-order chi connectivity index (χ1) is 9.16. The molecule has 2 aromatic heterocycles. The Morgan fingerprint density at radius 1 is 1.11 bits per heavy atom. The highest BCUT2D eigenvalue weighted by Crippen LogP contribution is 2.14. The van der Waals surface area contributed by atoms with Crippen LogP contribution in [0.25, 0.3) is 16.6 Å². The van der Waals surface area contributed by atoms with Gasteiger partial charge in [-0.3, -0.25) is 9.78 Å². The molecule has 0 saturated heterocycles. The van der Waals surface area contributed by atoms with Gasteiger partial charge in [-0.05, 0) is 30.3 Å². The Bertz CT molecular complexity index is 868. The maximum absolute atomic E-state index is 12.4. The number of benzene rings is 1. The van der Waals surface area contributed by atoms with Crippen LogP contribution in [0.3, 0.4) is 0 Å². The zero-order valence-electron chi connectivity index (χ0n) is 9.63. The number of pyridine rings is 1. The Hall–Kier alpha value is -2.40. The van der Waals surface area contributed by atoms with E-state index in [0.29, 0.717) is 21.6 Å². The summed E-state index contributed by atoms with van der Waals surface area (Å²) < 4.78 is 1.06. The second-order valence-electron chi connectivity index (χ2n) is 3.97. The molecule has 0 unspecified atom stereocenters. The minimum Gasteiger partial charge on any atom is -0.306 e. The van der Waals surface area contributed by atoms with Crippen molar-refractivity contribution in [3.63, 3.8) is 0 Å². The Kier molecular flexibility index (Phi) is 2.68. The number of aromatic nitrogens is 3. The van der Waals surface area contributed by atoms with Crippen molar-refractivity contribution in [2.45, 2.75) is 0 Å². The molecule has 19 heavy (non-hydrogen) atoms. The first kappa shape index (κ1) is 11.7. The second-order valence-corrected chi connectivity index (χ2v) is 4.40. The Morgan fingerprint density at radius 2 is 1.84 bits per heavy atom. The molecule has 0 bridgehead atoms. The van der Waals surface area contributed by atoms with Crippen molar-refractivity contribution >= 4 is 22.5 Å². The summed E-state index contributed by atoms with van der Waals surface area (Å²) in [4.78, 5) is 30.9. The molecular weight excluding hydrogens is 266 g/mol. The van der Waals surface area contributed by atoms with Gasteiger partial charge in [-0.2, -0.15) is 0 Å². The number of rotatable bonds is 1. The van der Waals surface area contributed by atoms with E-state index in [2.05, 4.69) is 9.97 Å². The molecule has 0 aliphatic rings. The van der Waals surface area contributed by atoms with Crippen LogP contribution in [0, 0.1) is 0 Å². The van der Waals surface area contributed by atoms with Crippen molar-refractivity contribution < 1.29 is 0 Å². The van der Waals surface area contributed by atoms with Crippen LogP contribution in [0.2, 0.25) is 5.02 Å². The molecule has 0 radical (unpaired) electrons. The monoisotopic (exact) mass is 273 g/mol. The van der Waals surface area contributed by atoms with E-state index in [-0.39, 0.29) is 0 Å². The fraction of sp³-hybridized carbons (Fsp3) is 0.